The summed E-state index contributed by atoms with van der Waals surface area (Å²) in [7, 11) is -1.48. The van der Waals surface area contributed by atoms with Gasteiger partial charge in [0.1, 0.15) is 11.6 Å². The number of rotatable bonds is 3. The first-order chi connectivity index (χ1) is 8.07. The molecule has 1 N–H and O–H groups in total. The highest BCUT2D eigenvalue weighted by molar-refractivity contribution is 7.86. The Morgan fingerprint density at radius 3 is 2.65 bits per heavy atom. The van der Waals surface area contributed by atoms with Gasteiger partial charge in [-0.05, 0) is 32.0 Å². The number of halogens is 2. The molecule has 0 saturated carbocycles. The molecule has 5 heteroatoms. The molecular weight excluding hydrogens is 244 g/mol. The predicted molar refractivity (Wildman–Crippen MR) is 63.3 cm³/mol. The van der Waals surface area contributed by atoms with Crippen molar-refractivity contribution in [3.8, 4) is 0 Å². The first-order valence-electron chi connectivity index (χ1n) is 5.69. The summed E-state index contributed by atoms with van der Waals surface area (Å²) in [6, 6.07) is 1.78. The van der Waals surface area contributed by atoms with E-state index in [2.05, 4.69) is 5.32 Å². The molecule has 0 radical (unpaired) electrons. The maximum atomic E-state index is 13.8. The zero-order chi connectivity index (χ0) is 12.6. The van der Waals surface area contributed by atoms with Crippen LogP contribution in [0.15, 0.2) is 17.0 Å². The van der Waals surface area contributed by atoms with E-state index in [-0.39, 0.29) is 21.8 Å². The second kappa shape index (κ2) is 4.82. The quantitative estimate of drug-likeness (QED) is 0.903. The third kappa shape index (κ3) is 2.02. The molecular formula is C12H15F2NOS. The van der Waals surface area contributed by atoms with Gasteiger partial charge in [0.2, 0.25) is 0 Å². The van der Waals surface area contributed by atoms with Gasteiger partial charge in [0.05, 0.1) is 27.0 Å². The van der Waals surface area contributed by atoms with Gasteiger partial charge in [0.15, 0.2) is 0 Å². The van der Waals surface area contributed by atoms with E-state index in [1.165, 1.54) is 0 Å². The topological polar surface area (TPSA) is 29.1 Å². The van der Waals surface area contributed by atoms with Crippen molar-refractivity contribution in [3.63, 3.8) is 0 Å². The Bertz CT molecular complexity index is 464. The monoisotopic (exact) mass is 259 g/mol. The zero-order valence-corrected chi connectivity index (χ0v) is 10.6. The number of hydrogen-bond acceptors (Lipinski definition) is 2. The number of nitrogens with one attached hydrogen (secondary N) is 1. The number of hydrogen-bond donors (Lipinski definition) is 1. The maximum absolute atomic E-state index is 13.8. The molecule has 1 aliphatic rings. The van der Waals surface area contributed by atoms with Crippen LogP contribution >= 0.6 is 0 Å². The summed E-state index contributed by atoms with van der Waals surface area (Å²) in [6.45, 7) is 4.44. The summed E-state index contributed by atoms with van der Waals surface area (Å²) in [5.74, 6) is -1.06. The standard InChI is InChI=1S/C12H15F2NOS/c1-3-6-15-11-7(2)17(16)12-9(14)5-4-8(13)10(11)12/h4-5,7,11,15H,3,6H2,1-2H3. The van der Waals surface area contributed by atoms with E-state index >= 15 is 0 Å². The van der Waals surface area contributed by atoms with E-state index in [0.717, 1.165) is 18.6 Å². The van der Waals surface area contributed by atoms with Crippen molar-refractivity contribution in [1.82, 2.24) is 5.32 Å². The molecule has 0 amide bonds. The van der Waals surface area contributed by atoms with Crippen molar-refractivity contribution in [1.29, 1.82) is 0 Å². The van der Waals surface area contributed by atoms with Gasteiger partial charge >= 0.3 is 0 Å². The fraction of sp³-hybridized carbons (Fsp3) is 0.500. The van der Waals surface area contributed by atoms with Crippen LogP contribution in [-0.4, -0.2) is 16.0 Å². The first-order valence-corrected chi connectivity index (χ1v) is 6.91. The maximum Gasteiger partial charge on any atom is 0.139 e. The van der Waals surface area contributed by atoms with E-state index in [4.69, 9.17) is 0 Å². The summed E-state index contributed by atoms with van der Waals surface area (Å²) >= 11 is 0. The third-order valence-corrected chi connectivity index (χ3v) is 4.79. The zero-order valence-electron chi connectivity index (χ0n) is 9.80. The second-order valence-corrected chi connectivity index (χ2v) is 5.95. The van der Waals surface area contributed by atoms with Crippen molar-refractivity contribution in [2.75, 3.05) is 6.54 Å². The summed E-state index contributed by atoms with van der Waals surface area (Å²) in [5, 5.41) is 2.83. The molecule has 2 nitrogen and oxygen atoms in total. The normalized spacial score (nSPS) is 27.2. The predicted octanol–water partition coefficient (Wildman–Crippen LogP) is 2.52. The minimum absolute atomic E-state index is 0.0334. The lowest BCUT2D eigenvalue weighted by molar-refractivity contribution is 0.488. The summed E-state index contributed by atoms with van der Waals surface area (Å²) in [5.41, 5.74) is 0.240. The van der Waals surface area contributed by atoms with Crippen LogP contribution in [0.4, 0.5) is 8.78 Å². The fourth-order valence-electron chi connectivity index (χ4n) is 2.16. The Labute approximate surface area is 102 Å². The molecule has 17 heavy (non-hydrogen) atoms. The molecule has 0 aromatic heterocycles. The van der Waals surface area contributed by atoms with Crippen LogP contribution in [0.2, 0.25) is 0 Å². The van der Waals surface area contributed by atoms with Crippen molar-refractivity contribution in [2.24, 2.45) is 0 Å². The Balaban J connectivity index is 2.48. The molecule has 1 aromatic rings. The lowest BCUT2D eigenvalue weighted by atomic mass is 10.0. The largest absolute Gasteiger partial charge is 0.309 e. The molecule has 1 heterocycles. The van der Waals surface area contributed by atoms with Crippen LogP contribution in [-0.2, 0) is 10.8 Å². The van der Waals surface area contributed by atoms with Gasteiger partial charge < -0.3 is 5.32 Å². The van der Waals surface area contributed by atoms with Crippen LogP contribution < -0.4 is 5.32 Å². The van der Waals surface area contributed by atoms with Gasteiger partial charge in [0.25, 0.3) is 0 Å². The Hall–Kier alpha value is -0.810. The molecule has 1 aliphatic heterocycles. The molecule has 0 bridgehead atoms. The van der Waals surface area contributed by atoms with Gasteiger partial charge in [-0.2, -0.15) is 0 Å². The summed E-state index contributed by atoms with van der Waals surface area (Å²) in [4.78, 5) is 0.0334. The van der Waals surface area contributed by atoms with Crippen LogP contribution in [0.5, 0.6) is 0 Å². The molecule has 0 spiro atoms. The Kier molecular flexibility index (Phi) is 3.58. The summed E-state index contributed by atoms with van der Waals surface area (Å²) in [6.07, 6.45) is 0.891. The van der Waals surface area contributed by atoms with E-state index in [9.17, 15) is 13.0 Å². The van der Waals surface area contributed by atoms with Crippen LogP contribution in [0.1, 0.15) is 31.9 Å². The van der Waals surface area contributed by atoms with Crippen molar-refractivity contribution in [2.45, 2.75) is 36.5 Å². The molecule has 1 aromatic carbocycles. The second-order valence-electron chi connectivity index (χ2n) is 4.21. The molecule has 94 valence electrons. The van der Waals surface area contributed by atoms with E-state index in [1.807, 2.05) is 6.92 Å². The molecule has 0 saturated heterocycles. The highest BCUT2D eigenvalue weighted by atomic mass is 32.2. The van der Waals surface area contributed by atoms with Crippen LogP contribution in [0.3, 0.4) is 0 Å². The molecule has 0 fully saturated rings. The molecule has 2 rings (SSSR count). The smallest absolute Gasteiger partial charge is 0.139 e. The van der Waals surface area contributed by atoms with Gasteiger partial charge in [-0.3, -0.25) is 4.21 Å². The van der Waals surface area contributed by atoms with Gasteiger partial charge in [-0.25, -0.2) is 8.78 Å². The first kappa shape index (κ1) is 12.6. The lowest BCUT2D eigenvalue weighted by Crippen LogP contribution is -2.28. The summed E-state index contributed by atoms with van der Waals surface area (Å²) < 4.78 is 39.4. The van der Waals surface area contributed by atoms with Crippen molar-refractivity contribution >= 4 is 10.8 Å². The number of benzene rings is 1. The average molecular weight is 259 g/mol. The van der Waals surface area contributed by atoms with E-state index in [1.54, 1.807) is 6.92 Å². The Morgan fingerprint density at radius 2 is 2.00 bits per heavy atom. The van der Waals surface area contributed by atoms with Gasteiger partial charge in [-0.1, -0.05) is 6.92 Å². The van der Waals surface area contributed by atoms with Crippen molar-refractivity contribution in [3.05, 3.63) is 29.3 Å². The number of fused-ring (bicyclic) bond motifs is 1. The third-order valence-electron chi connectivity index (χ3n) is 3.03. The van der Waals surface area contributed by atoms with Gasteiger partial charge in [0, 0.05) is 5.56 Å². The highest BCUT2D eigenvalue weighted by Crippen LogP contribution is 2.39. The lowest BCUT2D eigenvalue weighted by Gasteiger charge is -2.17. The minimum atomic E-state index is -1.48. The van der Waals surface area contributed by atoms with E-state index in [0.29, 0.717) is 6.54 Å². The Morgan fingerprint density at radius 1 is 1.35 bits per heavy atom. The molecule has 3 atom stereocenters. The highest BCUT2D eigenvalue weighted by Gasteiger charge is 2.39. The van der Waals surface area contributed by atoms with Gasteiger partial charge in [-0.15, -0.1) is 0 Å². The van der Waals surface area contributed by atoms with Crippen molar-refractivity contribution < 1.29 is 13.0 Å². The average Bonchev–Trinajstić information content (AvgIpc) is 2.56. The molecule has 3 unspecified atom stereocenters. The minimum Gasteiger partial charge on any atom is -0.309 e. The van der Waals surface area contributed by atoms with Crippen LogP contribution in [0.25, 0.3) is 0 Å². The SMILES string of the molecule is CCCNC1c2c(F)ccc(F)c2S(=O)C1C. The fourth-order valence-corrected chi connectivity index (χ4v) is 3.71. The van der Waals surface area contributed by atoms with E-state index < -0.39 is 22.4 Å². The molecule has 0 aliphatic carbocycles. The van der Waals surface area contributed by atoms with Crippen LogP contribution in [0, 0.1) is 11.6 Å².